The molecular formula is C15H20BrNOS. The van der Waals surface area contributed by atoms with E-state index in [-0.39, 0.29) is 5.91 Å². The number of hydrogen-bond donors (Lipinski definition) is 2. The molecule has 0 radical (unpaired) electrons. The summed E-state index contributed by atoms with van der Waals surface area (Å²) in [4.78, 5) is 13.0. The van der Waals surface area contributed by atoms with Gasteiger partial charge >= 0.3 is 0 Å². The first-order chi connectivity index (χ1) is 9.16. The molecule has 1 aromatic rings. The predicted molar refractivity (Wildman–Crippen MR) is 85.0 cm³/mol. The highest BCUT2D eigenvalue weighted by Gasteiger charge is 2.16. The molecule has 19 heavy (non-hydrogen) atoms. The maximum Gasteiger partial charge on any atom is 0.252 e. The van der Waals surface area contributed by atoms with Crippen LogP contribution in [-0.2, 0) is 0 Å². The molecule has 1 N–H and O–H groups in total. The number of rotatable bonds is 2. The lowest BCUT2D eigenvalue weighted by molar-refractivity contribution is 0.0927. The minimum absolute atomic E-state index is 0.00285. The van der Waals surface area contributed by atoms with Crippen LogP contribution in [0, 0.1) is 0 Å². The quantitative estimate of drug-likeness (QED) is 0.757. The van der Waals surface area contributed by atoms with E-state index < -0.39 is 0 Å². The number of benzene rings is 1. The fraction of sp³-hybridized carbons (Fsp3) is 0.533. The van der Waals surface area contributed by atoms with Crippen LogP contribution < -0.4 is 5.32 Å². The molecule has 1 aliphatic rings. The van der Waals surface area contributed by atoms with Gasteiger partial charge in [0.25, 0.3) is 5.91 Å². The van der Waals surface area contributed by atoms with Gasteiger partial charge in [0.1, 0.15) is 0 Å². The lowest BCUT2D eigenvalue weighted by Crippen LogP contribution is -2.35. The first-order valence-corrected chi connectivity index (χ1v) is 8.20. The van der Waals surface area contributed by atoms with Crippen molar-refractivity contribution in [2.24, 2.45) is 0 Å². The molecule has 4 heteroatoms. The minimum Gasteiger partial charge on any atom is -0.349 e. The zero-order chi connectivity index (χ0) is 13.7. The molecule has 1 aliphatic carbocycles. The van der Waals surface area contributed by atoms with Crippen molar-refractivity contribution in [2.45, 2.75) is 55.9 Å². The molecule has 0 spiro atoms. The largest absolute Gasteiger partial charge is 0.349 e. The molecule has 0 aromatic heterocycles. The number of hydrogen-bond acceptors (Lipinski definition) is 2. The van der Waals surface area contributed by atoms with E-state index in [9.17, 15) is 4.79 Å². The second kappa shape index (κ2) is 7.34. The van der Waals surface area contributed by atoms with Crippen molar-refractivity contribution in [1.82, 2.24) is 5.32 Å². The maximum atomic E-state index is 12.3. The van der Waals surface area contributed by atoms with Crippen molar-refractivity contribution >= 4 is 34.5 Å². The van der Waals surface area contributed by atoms with Crippen LogP contribution in [0.5, 0.6) is 0 Å². The Morgan fingerprint density at radius 2 is 1.79 bits per heavy atom. The molecule has 0 heterocycles. The summed E-state index contributed by atoms with van der Waals surface area (Å²) >= 11 is 7.75. The van der Waals surface area contributed by atoms with E-state index in [1.807, 2.05) is 18.2 Å². The van der Waals surface area contributed by atoms with E-state index in [1.165, 1.54) is 32.1 Å². The summed E-state index contributed by atoms with van der Waals surface area (Å²) in [6.45, 7) is 0. The Labute approximate surface area is 128 Å². The number of halogens is 1. The zero-order valence-electron chi connectivity index (χ0n) is 11.0. The van der Waals surface area contributed by atoms with Gasteiger partial charge in [-0.15, -0.1) is 12.6 Å². The molecule has 1 saturated carbocycles. The van der Waals surface area contributed by atoms with Crippen LogP contribution in [0.3, 0.4) is 0 Å². The van der Waals surface area contributed by atoms with E-state index in [0.29, 0.717) is 11.6 Å². The topological polar surface area (TPSA) is 29.1 Å². The minimum atomic E-state index is 0.00285. The molecule has 0 atom stereocenters. The SMILES string of the molecule is O=C(NC1CCCCCCC1)c1ccc(Br)cc1S. The van der Waals surface area contributed by atoms with Crippen LogP contribution in [0.4, 0.5) is 0 Å². The Morgan fingerprint density at radius 1 is 1.16 bits per heavy atom. The van der Waals surface area contributed by atoms with Crippen LogP contribution in [0.15, 0.2) is 27.6 Å². The van der Waals surface area contributed by atoms with Crippen LogP contribution >= 0.6 is 28.6 Å². The Kier molecular flexibility index (Phi) is 5.76. The van der Waals surface area contributed by atoms with Gasteiger partial charge in [-0.05, 0) is 31.0 Å². The van der Waals surface area contributed by atoms with Gasteiger partial charge in [-0.3, -0.25) is 4.79 Å². The normalized spacial score (nSPS) is 17.6. The summed E-state index contributed by atoms with van der Waals surface area (Å²) in [6, 6.07) is 5.89. The van der Waals surface area contributed by atoms with Gasteiger partial charge in [-0.1, -0.05) is 48.0 Å². The summed E-state index contributed by atoms with van der Waals surface area (Å²) in [5.74, 6) is 0.00285. The van der Waals surface area contributed by atoms with Gasteiger partial charge in [-0.25, -0.2) is 0 Å². The lowest BCUT2D eigenvalue weighted by Gasteiger charge is -2.21. The first-order valence-electron chi connectivity index (χ1n) is 6.96. The number of thiol groups is 1. The predicted octanol–water partition coefficient (Wildman–Crippen LogP) is 4.58. The molecule has 0 aliphatic heterocycles. The van der Waals surface area contributed by atoms with Gasteiger partial charge in [0.05, 0.1) is 5.56 Å². The maximum absolute atomic E-state index is 12.3. The fourth-order valence-corrected chi connectivity index (χ4v) is 3.41. The first kappa shape index (κ1) is 14.9. The summed E-state index contributed by atoms with van der Waals surface area (Å²) < 4.78 is 0.944. The summed E-state index contributed by atoms with van der Waals surface area (Å²) in [7, 11) is 0. The van der Waals surface area contributed by atoms with Gasteiger partial charge < -0.3 is 5.32 Å². The average Bonchev–Trinajstić information content (AvgIpc) is 2.32. The van der Waals surface area contributed by atoms with E-state index in [4.69, 9.17) is 0 Å². The molecule has 0 bridgehead atoms. The summed E-state index contributed by atoms with van der Waals surface area (Å²) in [6.07, 6.45) is 8.57. The third kappa shape index (κ3) is 4.53. The molecule has 1 aromatic carbocycles. The van der Waals surface area contributed by atoms with Gasteiger partial charge in [0, 0.05) is 15.4 Å². The van der Waals surface area contributed by atoms with Crippen LogP contribution in [0.25, 0.3) is 0 Å². The number of carbonyl (C=O) groups is 1. The molecule has 0 saturated heterocycles. The van der Waals surface area contributed by atoms with Crippen LogP contribution in [-0.4, -0.2) is 11.9 Å². The number of carbonyl (C=O) groups excluding carboxylic acids is 1. The molecule has 0 unspecified atom stereocenters. The number of amides is 1. The molecule has 104 valence electrons. The van der Waals surface area contributed by atoms with Crippen molar-refractivity contribution in [1.29, 1.82) is 0 Å². The van der Waals surface area contributed by atoms with Crippen LogP contribution in [0.2, 0.25) is 0 Å². The molecular weight excluding hydrogens is 322 g/mol. The highest BCUT2D eigenvalue weighted by atomic mass is 79.9. The Hall–Kier alpha value is -0.480. The third-order valence-corrected chi connectivity index (χ3v) is 4.51. The standard InChI is InChI=1S/C15H20BrNOS/c16-11-8-9-13(14(19)10-11)15(18)17-12-6-4-2-1-3-5-7-12/h8-10,12,19H,1-7H2,(H,17,18). The van der Waals surface area contributed by atoms with Gasteiger partial charge in [-0.2, -0.15) is 0 Å². The molecule has 2 rings (SSSR count). The van der Waals surface area contributed by atoms with Gasteiger partial charge in [0.2, 0.25) is 0 Å². The summed E-state index contributed by atoms with van der Waals surface area (Å²) in [5.41, 5.74) is 0.661. The van der Waals surface area contributed by atoms with E-state index >= 15 is 0 Å². The van der Waals surface area contributed by atoms with Crippen molar-refractivity contribution in [3.63, 3.8) is 0 Å². The fourth-order valence-electron chi connectivity index (χ4n) is 2.56. The second-order valence-electron chi connectivity index (χ2n) is 5.18. The van der Waals surface area contributed by atoms with Crippen molar-refractivity contribution in [3.05, 3.63) is 28.2 Å². The second-order valence-corrected chi connectivity index (χ2v) is 6.57. The summed E-state index contributed by atoms with van der Waals surface area (Å²) in [5, 5.41) is 3.16. The van der Waals surface area contributed by atoms with Crippen molar-refractivity contribution in [3.8, 4) is 0 Å². The molecule has 1 amide bonds. The zero-order valence-corrected chi connectivity index (χ0v) is 13.5. The Bertz CT molecular complexity index is 442. The molecule has 1 fully saturated rings. The van der Waals surface area contributed by atoms with Crippen molar-refractivity contribution in [2.75, 3.05) is 0 Å². The Morgan fingerprint density at radius 3 is 2.42 bits per heavy atom. The highest BCUT2D eigenvalue weighted by molar-refractivity contribution is 9.10. The average molecular weight is 342 g/mol. The van der Waals surface area contributed by atoms with Crippen LogP contribution in [0.1, 0.15) is 55.3 Å². The monoisotopic (exact) mass is 341 g/mol. The van der Waals surface area contributed by atoms with Crippen molar-refractivity contribution < 1.29 is 4.79 Å². The smallest absolute Gasteiger partial charge is 0.252 e. The van der Waals surface area contributed by atoms with E-state index in [2.05, 4.69) is 33.9 Å². The Balaban J connectivity index is 1.99. The van der Waals surface area contributed by atoms with Gasteiger partial charge in [0.15, 0.2) is 0 Å². The molecule has 2 nitrogen and oxygen atoms in total. The lowest BCUT2D eigenvalue weighted by atomic mass is 9.96. The number of nitrogens with one attached hydrogen (secondary N) is 1. The highest BCUT2D eigenvalue weighted by Crippen LogP contribution is 2.21. The van der Waals surface area contributed by atoms with E-state index in [1.54, 1.807) is 0 Å². The van der Waals surface area contributed by atoms with E-state index in [0.717, 1.165) is 22.2 Å². The third-order valence-electron chi connectivity index (χ3n) is 3.64.